The number of rotatable bonds is 9. The second-order valence-corrected chi connectivity index (χ2v) is 13.5. The molecule has 4 aliphatic carbocycles. The second-order valence-electron chi connectivity index (χ2n) is 13.5. The molecule has 0 aromatic heterocycles. The summed E-state index contributed by atoms with van der Waals surface area (Å²) in [5, 5.41) is 8.84. The maximum absolute atomic E-state index is 12.1. The standard InChI is InChI=1S/C31H50O4/c1-20(2)7-6-8-21(3)25-11-12-26-24-10-9-22-19-23(35-29(34)14-13-28(32)33)15-17-30(22,4)27(24)16-18-31(25,26)5/h9,20-21,23-27H,6-8,10-19H2,1-5H3,(H,32,33)/t21?,23-,24?,25?,26?,27?,30-,31+/m0/s1. The molecular formula is C31H50O4. The van der Waals surface area contributed by atoms with E-state index in [0.29, 0.717) is 5.41 Å². The van der Waals surface area contributed by atoms with Gasteiger partial charge >= 0.3 is 11.9 Å². The molecule has 0 saturated heterocycles. The number of esters is 1. The van der Waals surface area contributed by atoms with Gasteiger partial charge in [-0.3, -0.25) is 9.59 Å². The number of carboxylic acids is 1. The molecule has 198 valence electrons. The second kappa shape index (κ2) is 10.6. The molecule has 5 unspecified atom stereocenters. The van der Waals surface area contributed by atoms with Crippen LogP contribution >= 0.6 is 0 Å². The highest BCUT2D eigenvalue weighted by Gasteiger charge is 2.59. The zero-order valence-corrected chi connectivity index (χ0v) is 23.0. The minimum absolute atomic E-state index is 0.0236. The number of carbonyl (C=O) groups is 2. The van der Waals surface area contributed by atoms with Gasteiger partial charge in [0.1, 0.15) is 6.10 Å². The van der Waals surface area contributed by atoms with Crippen molar-refractivity contribution in [3.05, 3.63) is 11.6 Å². The van der Waals surface area contributed by atoms with Gasteiger partial charge in [-0.1, -0.05) is 65.5 Å². The third-order valence-electron chi connectivity index (χ3n) is 11.1. The van der Waals surface area contributed by atoms with E-state index in [1.54, 1.807) is 0 Å². The van der Waals surface area contributed by atoms with Crippen LogP contribution in [0.1, 0.15) is 118 Å². The summed E-state index contributed by atoms with van der Waals surface area (Å²) in [7, 11) is 0. The van der Waals surface area contributed by atoms with Crippen molar-refractivity contribution >= 4 is 11.9 Å². The lowest BCUT2D eigenvalue weighted by atomic mass is 9.47. The summed E-state index contributed by atoms with van der Waals surface area (Å²) in [4.78, 5) is 22.9. The summed E-state index contributed by atoms with van der Waals surface area (Å²) in [6.45, 7) is 12.4. The maximum Gasteiger partial charge on any atom is 0.306 e. The molecule has 8 atom stereocenters. The van der Waals surface area contributed by atoms with Gasteiger partial charge in [0.25, 0.3) is 0 Å². The minimum atomic E-state index is -0.942. The summed E-state index contributed by atoms with van der Waals surface area (Å²) in [6.07, 6.45) is 16.0. The van der Waals surface area contributed by atoms with Crippen LogP contribution in [0.5, 0.6) is 0 Å². The van der Waals surface area contributed by atoms with Gasteiger partial charge in [0.15, 0.2) is 0 Å². The Balaban J connectivity index is 1.40. The zero-order valence-electron chi connectivity index (χ0n) is 23.0. The van der Waals surface area contributed by atoms with Crippen LogP contribution in [0.15, 0.2) is 11.6 Å². The van der Waals surface area contributed by atoms with Crippen molar-refractivity contribution in [1.29, 1.82) is 0 Å². The van der Waals surface area contributed by atoms with Crippen LogP contribution in [0.4, 0.5) is 0 Å². The molecule has 1 N–H and O–H groups in total. The average Bonchev–Trinajstić information content (AvgIpc) is 3.15. The van der Waals surface area contributed by atoms with Crippen LogP contribution in [0.3, 0.4) is 0 Å². The number of aliphatic carboxylic acids is 1. The van der Waals surface area contributed by atoms with Crippen molar-refractivity contribution in [2.24, 2.45) is 46.3 Å². The average molecular weight is 487 g/mol. The maximum atomic E-state index is 12.1. The van der Waals surface area contributed by atoms with Crippen molar-refractivity contribution in [1.82, 2.24) is 0 Å². The molecule has 0 spiro atoms. The molecule has 35 heavy (non-hydrogen) atoms. The molecule has 0 aromatic rings. The number of hydrogen-bond acceptors (Lipinski definition) is 3. The highest BCUT2D eigenvalue weighted by atomic mass is 16.5. The summed E-state index contributed by atoms with van der Waals surface area (Å²) in [6, 6.07) is 0. The number of ether oxygens (including phenoxy) is 1. The van der Waals surface area contributed by atoms with Gasteiger partial charge in [-0.05, 0) is 91.3 Å². The van der Waals surface area contributed by atoms with Crippen LogP contribution < -0.4 is 0 Å². The number of fused-ring (bicyclic) bond motifs is 5. The summed E-state index contributed by atoms with van der Waals surface area (Å²) >= 11 is 0. The SMILES string of the molecule is CC(C)CCCC(C)C1CCC2C3CC=C4C[C@@H](OC(=O)CCC(=O)O)CC[C@]4(C)C3CC[C@]12C. The van der Waals surface area contributed by atoms with Crippen molar-refractivity contribution in [3.63, 3.8) is 0 Å². The van der Waals surface area contributed by atoms with Gasteiger partial charge in [-0.25, -0.2) is 0 Å². The van der Waals surface area contributed by atoms with Crippen LogP contribution in [-0.2, 0) is 14.3 Å². The minimum Gasteiger partial charge on any atom is -0.481 e. The highest BCUT2D eigenvalue weighted by molar-refractivity contribution is 5.76. The van der Waals surface area contributed by atoms with Gasteiger partial charge in [-0.2, -0.15) is 0 Å². The Bertz CT molecular complexity index is 815. The highest BCUT2D eigenvalue weighted by Crippen LogP contribution is 2.67. The molecule has 0 heterocycles. The Labute approximate surface area is 213 Å². The number of carbonyl (C=O) groups excluding carboxylic acids is 1. The van der Waals surface area contributed by atoms with Crippen LogP contribution in [0.25, 0.3) is 0 Å². The van der Waals surface area contributed by atoms with E-state index < -0.39 is 5.97 Å². The van der Waals surface area contributed by atoms with Crippen molar-refractivity contribution < 1.29 is 19.4 Å². The summed E-state index contributed by atoms with van der Waals surface area (Å²) in [5.41, 5.74) is 2.27. The van der Waals surface area contributed by atoms with E-state index >= 15 is 0 Å². The third kappa shape index (κ3) is 5.37. The van der Waals surface area contributed by atoms with Crippen LogP contribution in [0.2, 0.25) is 0 Å². The van der Waals surface area contributed by atoms with E-state index in [0.717, 1.165) is 54.8 Å². The first-order valence-electron chi connectivity index (χ1n) is 14.7. The number of allylic oxidation sites excluding steroid dienone is 1. The fraction of sp³-hybridized carbons (Fsp3) is 0.871. The Morgan fingerprint density at radius 1 is 1.03 bits per heavy atom. The molecule has 0 bridgehead atoms. The normalized spacial score (nSPS) is 39.3. The fourth-order valence-corrected chi connectivity index (χ4v) is 9.21. The smallest absolute Gasteiger partial charge is 0.306 e. The number of carboxylic acid groups (broad SMARTS) is 1. The van der Waals surface area contributed by atoms with E-state index in [9.17, 15) is 9.59 Å². The Morgan fingerprint density at radius 2 is 1.80 bits per heavy atom. The lowest BCUT2D eigenvalue weighted by Gasteiger charge is -2.58. The molecule has 0 aliphatic heterocycles. The monoisotopic (exact) mass is 486 g/mol. The molecule has 4 nitrogen and oxygen atoms in total. The molecule has 4 rings (SSSR count). The van der Waals surface area contributed by atoms with Gasteiger partial charge < -0.3 is 9.84 Å². The van der Waals surface area contributed by atoms with E-state index in [1.165, 1.54) is 56.9 Å². The third-order valence-corrected chi connectivity index (χ3v) is 11.1. The Morgan fingerprint density at radius 3 is 2.51 bits per heavy atom. The number of hydrogen-bond donors (Lipinski definition) is 1. The van der Waals surface area contributed by atoms with Crippen molar-refractivity contribution in [2.75, 3.05) is 0 Å². The fourth-order valence-electron chi connectivity index (χ4n) is 9.21. The largest absolute Gasteiger partial charge is 0.481 e. The first-order valence-corrected chi connectivity index (χ1v) is 14.7. The molecular weight excluding hydrogens is 436 g/mol. The summed E-state index contributed by atoms with van der Waals surface area (Å²) in [5.74, 6) is 3.68. The van der Waals surface area contributed by atoms with Gasteiger partial charge in [0.2, 0.25) is 0 Å². The van der Waals surface area contributed by atoms with Gasteiger partial charge in [0, 0.05) is 6.42 Å². The molecule has 0 radical (unpaired) electrons. The molecule has 0 amide bonds. The predicted molar refractivity (Wildman–Crippen MR) is 140 cm³/mol. The topological polar surface area (TPSA) is 63.6 Å². The molecule has 0 aromatic carbocycles. The Hall–Kier alpha value is -1.32. The first-order chi connectivity index (χ1) is 16.5. The first kappa shape index (κ1) is 26.7. The van der Waals surface area contributed by atoms with Crippen molar-refractivity contribution in [2.45, 2.75) is 124 Å². The molecule has 4 aliphatic rings. The lowest BCUT2D eigenvalue weighted by Crippen LogP contribution is -2.51. The van der Waals surface area contributed by atoms with Crippen molar-refractivity contribution in [3.8, 4) is 0 Å². The van der Waals surface area contributed by atoms with E-state index in [1.807, 2.05) is 0 Å². The van der Waals surface area contributed by atoms with Gasteiger partial charge in [0.05, 0.1) is 12.8 Å². The lowest BCUT2D eigenvalue weighted by molar-refractivity contribution is -0.154. The van der Waals surface area contributed by atoms with E-state index in [4.69, 9.17) is 9.84 Å². The van der Waals surface area contributed by atoms with E-state index in [2.05, 4.69) is 40.7 Å². The van der Waals surface area contributed by atoms with Crippen LogP contribution in [0, 0.1) is 46.3 Å². The van der Waals surface area contributed by atoms with Gasteiger partial charge in [-0.15, -0.1) is 0 Å². The molecule has 3 saturated carbocycles. The molecule has 3 fully saturated rings. The quantitative estimate of drug-likeness (QED) is 0.267. The predicted octanol–water partition coefficient (Wildman–Crippen LogP) is 7.80. The molecule has 4 heteroatoms. The Kier molecular flexibility index (Phi) is 8.08. The van der Waals surface area contributed by atoms with Crippen LogP contribution in [-0.4, -0.2) is 23.1 Å². The van der Waals surface area contributed by atoms with E-state index in [-0.39, 0.29) is 30.3 Å². The zero-order chi connectivity index (χ0) is 25.4. The summed E-state index contributed by atoms with van der Waals surface area (Å²) < 4.78 is 5.70.